The van der Waals surface area contributed by atoms with Crippen LogP contribution in [0.3, 0.4) is 0 Å². The van der Waals surface area contributed by atoms with Crippen LogP contribution in [0.1, 0.15) is 46.9 Å². The van der Waals surface area contributed by atoms with Crippen LogP contribution in [0.5, 0.6) is 0 Å². The van der Waals surface area contributed by atoms with Crippen molar-refractivity contribution >= 4 is 27.5 Å². The van der Waals surface area contributed by atoms with Gasteiger partial charge in [0.2, 0.25) is 0 Å². The summed E-state index contributed by atoms with van der Waals surface area (Å²) in [6.45, 7) is 8.45. The molecular formula is C22H28BrN3O3. The van der Waals surface area contributed by atoms with Gasteiger partial charge in [-0.3, -0.25) is 9.59 Å². The largest absolute Gasteiger partial charge is 0.381 e. The van der Waals surface area contributed by atoms with Gasteiger partial charge in [0.15, 0.2) is 0 Å². The fourth-order valence-electron chi connectivity index (χ4n) is 3.89. The molecule has 0 spiro atoms. The van der Waals surface area contributed by atoms with Crippen molar-refractivity contribution in [2.24, 2.45) is 0 Å². The molecule has 29 heavy (non-hydrogen) atoms. The van der Waals surface area contributed by atoms with Gasteiger partial charge in [-0.15, -0.1) is 0 Å². The monoisotopic (exact) mass is 461 g/mol. The van der Waals surface area contributed by atoms with Gasteiger partial charge in [0, 0.05) is 59.3 Å². The highest BCUT2D eigenvalue weighted by atomic mass is 79.9. The molecule has 2 aromatic rings. The average Bonchev–Trinajstić information content (AvgIpc) is 2.68. The zero-order valence-corrected chi connectivity index (χ0v) is 18.8. The fraction of sp³-hybridized carbons (Fsp3) is 0.455. The van der Waals surface area contributed by atoms with Crippen molar-refractivity contribution in [2.75, 3.05) is 24.7 Å². The molecule has 1 aromatic carbocycles. The Hall–Kier alpha value is -2.12. The number of aromatic nitrogens is 1. The third kappa shape index (κ3) is 5.28. The summed E-state index contributed by atoms with van der Waals surface area (Å²) in [5.41, 5.74) is 3.69. The molecule has 7 heteroatoms. The Morgan fingerprint density at radius 2 is 1.97 bits per heavy atom. The van der Waals surface area contributed by atoms with Crippen molar-refractivity contribution in [3.63, 3.8) is 0 Å². The lowest BCUT2D eigenvalue weighted by Crippen LogP contribution is -2.39. The maximum Gasteiger partial charge on any atom is 0.253 e. The minimum atomic E-state index is -0.199. The first-order valence-electron chi connectivity index (χ1n) is 10.0. The number of aromatic amines is 1. The van der Waals surface area contributed by atoms with E-state index in [-0.39, 0.29) is 18.0 Å². The van der Waals surface area contributed by atoms with Crippen LogP contribution in [0.15, 0.2) is 33.5 Å². The van der Waals surface area contributed by atoms with Gasteiger partial charge >= 0.3 is 0 Å². The second-order valence-corrected chi connectivity index (χ2v) is 8.37. The molecule has 6 nitrogen and oxygen atoms in total. The summed E-state index contributed by atoms with van der Waals surface area (Å²) < 4.78 is 6.34. The average molecular weight is 462 g/mol. The number of ether oxygens (including phenoxy) is 1. The van der Waals surface area contributed by atoms with E-state index in [2.05, 4.69) is 38.1 Å². The molecule has 0 atom stereocenters. The van der Waals surface area contributed by atoms with E-state index in [0.29, 0.717) is 17.2 Å². The SMILES string of the molecule is CCN(c1cc(Br)cc(C(=O)NCc2c(C)cc(C)[nH]c2=O)c1)C1CCOCC1. The Kier molecular flexibility index (Phi) is 7.14. The van der Waals surface area contributed by atoms with Crippen LogP contribution in [-0.2, 0) is 11.3 Å². The molecule has 1 aromatic heterocycles. The number of amides is 1. The van der Waals surface area contributed by atoms with Crippen LogP contribution in [0.2, 0.25) is 0 Å². The van der Waals surface area contributed by atoms with E-state index in [9.17, 15) is 9.59 Å². The number of hydrogen-bond acceptors (Lipinski definition) is 4. The summed E-state index contributed by atoms with van der Waals surface area (Å²) in [4.78, 5) is 30.1. The smallest absolute Gasteiger partial charge is 0.253 e. The molecule has 1 amide bonds. The van der Waals surface area contributed by atoms with Crippen molar-refractivity contribution in [2.45, 2.75) is 46.2 Å². The van der Waals surface area contributed by atoms with Crippen molar-refractivity contribution < 1.29 is 9.53 Å². The van der Waals surface area contributed by atoms with Gasteiger partial charge in [-0.1, -0.05) is 15.9 Å². The van der Waals surface area contributed by atoms with Crippen LogP contribution in [-0.4, -0.2) is 36.7 Å². The van der Waals surface area contributed by atoms with Gasteiger partial charge < -0.3 is 19.9 Å². The van der Waals surface area contributed by atoms with E-state index in [0.717, 1.165) is 54.0 Å². The number of halogens is 1. The summed E-state index contributed by atoms with van der Waals surface area (Å²) in [5.74, 6) is -0.199. The summed E-state index contributed by atoms with van der Waals surface area (Å²) in [6.07, 6.45) is 1.97. The molecule has 3 rings (SSSR count). The van der Waals surface area contributed by atoms with E-state index in [1.807, 2.05) is 38.1 Å². The van der Waals surface area contributed by atoms with Crippen LogP contribution in [0, 0.1) is 13.8 Å². The number of rotatable bonds is 6. The number of carbonyl (C=O) groups is 1. The maximum absolute atomic E-state index is 12.8. The first kappa shape index (κ1) is 21.6. The van der Waals surface area contributed by atoms with E-state index in [1.165, 1.54) is 0 Å². The lowest BCUT2D eigenvalue weighted by atomic mass is 10.0. The molecule has 0 bridgehead atoms. The molecule has 0 radical (unpaired) electrons. The number of hydrogen-bond donors (Lipinski definition) is 2. The zero-order chi connectivity index (χ0) is 21.0. The molecule has 156 valence electrons. The van der Waals surface area contributed by atoms with Gasteiger partial charge in [0.1, 0.15) is 0 Å². The highest BCUT2D eigenvalue weighted by Crippen LogP contribution is 2.27. The highest BCUT2D eigenvalue weighted by Gasteiger charge is 2.22. The Morgan fingerprint density at radius 1 is 1.24 bits per heavy atom. The lowest BCUT2D eigenvalue weighted by Gasteiger charge is -2.35. The van der Waals surface area contributed by atoms with Crippen molar-refractivity contribution in [1.29, 1.82) is 0 Å². The highest BCUT2D eigenvalue weighted by molar-refractivity contribution is 9.10. The number of pyridine rings is 1. The van der Waals surface area contributed by atoms with E-state index >= 15 is 0 Å². The van der Waals surface area contributed by atoms with Crippen molar-refractivity contribution in [3.05, 3.63) is 61.5 Å². The number of H-pyrrole nitrogens is 1. The molecule has 2 N–H and O–H groups in total. The number of aryl methyl sites for hydroxylation is 2. The summed E-state index contributed by atoms with van der Waals surface area (Å²) in [6, 6.07) is 8.10. The standard InChI is InChI=1S/C22H28BrN3O3/c1-4-26(18-5-7-29-8-6-18)19-11-16(10-17(23)12-19)21(27)24-13-20-14(2)9-15(3)25-22(20)28/h9-12,18H,4-8,13H2,1-3H3,(H,24,27)(H,25,28). The number of benzene rings is 1. The fourth-order valence-corrected chi connectivity index (χ4v) is 4.37. The summed E-state index contributed by atoms with van der Waals surface area (Å²) >= 11 is 3.54. The van der Waals surface area contributed by atoms with Gasteiger partial charge in [-0.25, -0.2) is 0 Å². The van der Waals surface area contributed by atoms with Gasteiger partial charge in [0.25, 0.3) is 11.5 Å². The maximum atomic E-state index is 12.8. The molecule has 0 unspecified atom stereocenters. The zero-order valence-electron chi connectivity index (χ0n) is 17.2. The third-order valence-electron chi connectivity index (χ3n) is 5.37. The number of nitrogens with one attached hydrogen (secondary N) is 2. The van der Waals surface area contributed by atoms with Crippen LogP contribution in [0.25, 0.3) is 0 Å². The number of nitrogens with zero attached hydrogens (tertiary/aromatic N) is 1. The molecule has 2 heterocycles. The van der Waals surface area contributed by atoms with Crippen molar-refractivity contribution in [1.82, 2.24) is 10.3 Å². The van der Waals surface area contributed by atoms with Gasteiger partial charge in [0.05, 0.1) is 0 Å². The Labute approximate surface area is 179 Å². The van der Waals surface area contributed by atoms with E-state index in [4.69, 9.17) is 4.74 Å². The first-order chi connectivity index (χ1) is 13.9. The van der Waals surface area contributed by atoms with E-state index in [1.54, 1.807) is 0 Å². The Morgan fingerprint density at radius 3 is 2.62 bits per heavy atom. The summed E-state index contributed by atoms with van der Waals surface area (Å²) in [7, 11) is 0. The van der Waals surface area contributed by atoms with Crippen molar-refractivity contribution in [3.8, 4) is 0 Å². The quantitative estimate of drug-likeness (QED) is 0.687. The minimum absolute atomic E-state index is 0.158. The minimum Gasteiger partial charge on any atom is -0.381 e. The Bertz CT molecular complexity index is 935. The first-order valence-corrected chi connectivity index (χ1v) is 10.8. The Balaban J connectivity index is 1.78. The molecule has 1 aliphatic rings. The number of anilines is 1. The topological polar surface area (TPSA) is 74.4 Å². The van der Waals surface area contributed by atoms with Gasteiger partial charge in [-0.05, 0) is 63.4 Å². The molecule has 0 aliphatic carbocycles. The van der Waals surface area contributed by atoms with Crippen LogP contribution in [0.4, 0.5) is 5.69 Å². The normalized spacial score (nSPS) is 14.6. The third-order valence-corrected chi connectivity index (χ3v) is 5.83. The predicted octanol–water partition coefficient (Wildman–Crippen LogP) is 3.69. The second kappa shape index (κ2) is 9.59. The molecular weight excluding hydrogens is 434 g/mol. The molecule has 1 saturated heterocycles. The molecule has 0 saturated carbocycles. The lowest BCUT2D eigenvalue weighted by molar-refractivity contribution is 0.0846. The predicted molar refractivity (Wildman–Crippen MR) is 119 cm³/mol. The number of carbonyl (C=O) groups excluding carboxylic acids is 1. The van der Waals surface area contributed by atoms with Gasteiger partial charge in [-0.2, -0.15) is 0 Å². The second-order valence-electron chi connectivity index (χ2n) is 7.45. The van der Waals surface area contributed by atoms with Crippen LogP contribution < -0.4 is 15.8 Å². The summed E-state index contributed by atoms with van der Waals surface area (Å²) in [5, 5.41) is 2.89. The van der Waals surface area contributed by atoms with E-state index < -0.39 is 0 Å². The molecule has 1 fully saturated rings. The van der Waals surface area contributed by atoms with Crippen LogP contribution >= 0.6 is 15.9 Å². The molecule has 1 aliphatic heterocycles.